The quantitative estimate of drug-likeness (QED) is 0.726. The zero-order valence-electron chi connectivity index (χ0n) is 6.83. The first kappa shape index (κ1) is 9.20. The molecular weight excluding hydrogens is 155 g/mol. The maximum Gasteiger partial charge on any atom is 0.0904 e. The zero-order chi connectivity index (χ0) is 8.81. The SMILES string of the molecule is OC[C](CCF)c1ccccc1. The maximum absolute atomic E-state index is 12.0. The smallest absolute Gasteiger partial charge is 0.0904 e. The Bertz CT molecular complexity index is 210. The molecule has 0 fully saturated rings. The zero-order valence-corrected chi connectivity index (χ0v) is 6.83. The summed E-state index contributed by atoms with van der Waals surface area (Å²) < 4.78 is 12.0. The van der Waals surface area contributed by atoms with Gasteiger partial charge >= 0.3 is 0 Å². The van der Waals surface area contributed by atoms with Crippen molar-refractivity contribution in [2.75, 3.05) is 13.3 Å². The van der Waals surface area contributed by atoms with E-state index in [1.165, 1.54) is 0 Å². The Balaban J connectivity index is 2.66. The second-order valence-electron chi connectivity index (χ2n) is 2.57. The fraction of sp³-hybridized carbons (Fsp3) is 0.300. The molecule has 1 aromatic rings. The van der Waals surface area contributed by atoms with Crippen molar-refractivity contribution < 1.29 is 9.50 Å². The molecule has 0 unspecified atom stereocenters. The molecule has 1 radical (unpaired) electrons. The first-order valence-electron chi connectivity index (χ1n) is 3.95. The summed E-state index contributed by atoms with van der Waals surface area (Å²) in [4.78, 5) is 0. The predicted molar refractivity (Wildman–Crippen MR) is 46.5 cm³/mol. The first-order chi connectivity index (χ1) is 5.88. The second kappa shape index (κ2) is 4.88. The van der Waals surface area contributed by atoms with Crippen LogP contribution in [0.3, 0.4) is 0 Å². The average Bonchev–Trinajstić information content (AvgIpc) is 2.15. The third-order valence-corrected chi connectivity index (χ3v) is 1.77. The van der Waals surface area contributed by atoms with Gasteiger partial charge < -0.3 is 5.11 Å². The number of aliphatic hydroxyl groups excluding tert-OH is 1. The second-order valence-corrected chi connectivity index (χ2v) is 2.57. The Morgan fingerprint density at radius 1 is 1.25 bits per heavy atom. The molecule has 1 aromatic carbocycles. The van der Waals surface area contributed by atoms with E-state index in [0.717, 1.165) is 11.5 Å². The molecule has 0 heterocycles. The highest BCUT2D eigenvalue weighted by atomic mass is 19.1. The van der Waals surface area contributed by atoms with Crippen LogP contribution < -0.4 is 0 Å². The molecule has 0 spiro atoms. The van der Waals surface area contributed by atoms with Crippen LogP contribution in [0, 0.1) is 5.92 Å². The Hall–Kier alpha value is -0.890. The van der Waals surface area contributed by atoms with E-state index in [1.54, 1.807) is 0 Å². The van der Waals surface area contributed by atoms with Crippen LogP contribution >= 0.6 is 0 Å². The third-order valence-electron chi connectivity index (χ3n) is 1.77. The van der Waals surface area contributed by atoms with Crippen molar-refractivity contribution in [3.8, 4) is 0 Å². The molecule has 0 aliphatic rings. The highest BCUT2D eigenvalue weighted by Gasteiger charge is 2.09. The summed E-state index contributed by atoms with van der Waals surface area (Å²) >= 11 is 0. The number of hydrogen-bond acceptors (Lipinski definition) is 1. The lowest BCUT2D eigenvalue weighted by Gasteiger charge is -2.10. The predicted octanol–water partition coefficient (Wildman–Crippen LogP) is 1.96. The van der Waals surface area contributed by atoms with E-state index in [9.17, 15) is 4.39 Å². The van der Waals surface area contributed by atoms with E-state index in [4.69, 9.17) is 5.11 Å². The van der Waals surface area contributed by atoms with Crippen LogP contribution in [0.2, 0.25) is 0 Å². The van der Waals surface area contributed by atoms with Gasteiger partial charge in [0.2, 0.25) is 0 Å². The van der Waals surface area contributed by atoms with Crippen molar-refractivity contribution in [3.63, 3.8) is 0 Å². The normalized spacial score (nSPS) is 10.6. The van der Waals surface area contributed by atoms with Gasteiger partial charge in [-0.15, -0.1) is 0 Å². The van der Waals surface area contributed by atoms with Gasteiger partial charge in [0.05, 0.1) is 13.3 Å². The van der Waals surface area contributed by atoms with Gasteiger partial charge in [0, 0.05) is 5.92 Å². The van der Waals surface area contributed by atoms with Crippen molar-refractivity contribution in [1.82, 2.24) is 0 Å². The number of rotatable bonds is 4. The number of aliphatic hydroxyl groups is 1. The maximum atomic E-state index is 12.0. The molecule has 0 amide bonds. The van der Waals surface area contributed by atoms with Crippen LogP contribution in [0.15, 0.2) is 30.3 Å². The first-order valence-corrected chi connectivity index (χ1v) is 3.95. The number of halogens is 1. The molecular formula is C10H12FO. The summed E-state index contributed by atoms with van der Waals surface area (Å²) in [6.07, 6.45) is 0.320. The molecule has 0 aliphatic heterocycles. The van der Waals surface area contributed by atoms with Crippen LogP contribution in [-0.2, 0) is 0 Å². The number of hydrogen-bond donors (Lipinski definition) is 1. The average molecular weight is 167 g/mol. The Kier molecular flexibility index (Phi) is 3.74. The minimum Gasteiger partial charge on any atom is -0.395 e. The van der Waals surface area contributed by atoms with Gasteiger partial charge in [-0.25, -0.2) is 0 Å². The monoisotopic (exact) mass is 167 g/mol. The molecule has 2 heteroatoms. The van der Waals surface area contributed by atoms with Gasteiger partial charge in [-0.3, -0.25) is 4.39 Å². The fourth-order valence-corrected chi connectivity index (χ4v) is 1.10. The van der Waals surface area contributed by atoms with Crippen molar-refractivity contribution in [2.45, 2.75) is 6.42 Å². The highest BCUT2D eigenvalue weighted by molar-refractivity contribution is 5.30. The Morgan fingerprint density at radius 3 is 2.42 bits per heavy atom. The molecule has 0 saturated heterocycles. The van der Waals surface area contributed by atoms with Crippen LogP contribution in [0.4, 0.5) is 4.39 Å². The molecule has 1 rings (SSSR count). The van der Waals surface area contributed by atoms with Crippen molar-refractivity contribution in [3.05, 3.63) is 41.8 Å². The lowest BCUT2D eigenvalue weighted by Crippen LogP contribution is -2.05. The van der Waals surface area contributed by atoms with Crippen LogP contribution in [0.1, 0.15) is 12.0 Å². The largest absolute Gasteiger partial charge is 0.395 e. The molecule has 65 valence electrons. The molecule has 0 atom stereocenters. The molecule has 0 aromatic heterocycles. The van der Waals surface area contributed by atoms with Crippen LogP contribution in [-0.4, -0.2) is 18.4 Å². The lowest BCUT2D eigenvalue weighted by atomic mass is 9.97. The van der Waals surface area contributed by atoms with Gasteiger partial charge in [-0.1, -0.05) is 30.3 Å². The summed E-state index contributed by atoms with van der Waals surface area (Å²) in [5.74, 6) is 0.762. The highest BCUT2D eigenvalue weighted by Crippen LogP contribution is 2.17. The van der Waals surface area contributed by atoms with E-state index in [-0.39, 0.29) is 6.61 Å². The third kappa shape index (κ3) is 2.31. The standard InChI is InChI=1S/C10H12FO/c11-7-6-10(8-12)9-4-2-1-3-5-9/h1-5,12H,6-8H2. The van der Waals surface area contributed by atoms with Gasteiger partial charge in [-0.2, -0.15) is 0 Å². The van der Waals surface area contributed by atoms with Crippen LogP contribution in [0.5, 0.6) is 0 Å². The fourth-order valence-electron chi connectivity index (χ4n) is 1.10. The molecule has 1 nitrogen and oxygen atoms in total. The van der Waals surface area contributed by atoms with E-state index in [2.05, 4.69) is 0 Å². The lowest BCUT2D eigenvalue weighted by molar-refractivity contribution is 0.301. The van der Waals surface area contributed by atoms with E-state index in [0.29, 0.717) is 6.42 Å². The number of alkyl halides is 1. The van der Waals surface area contributed by atoms with Gasteiger partial charge in [0.1, 0.15) is 0 Å². The van der Waals surface area contributed by atoms with E-state index < -0.39 is 6.67 Å². The molecule has 0 aliphatic carbocycles. The van der Waals surface area contributed by atoms with Crippen LogP contribution in [0.25, 0.3) is 0 Å². The summed E-state index contributed by atoms with van der Waals surface area (Å²) in [6, 6.07) is 9.41. The van der Waals surface area contributed by atoms with Crippen molar-refractivity contribution >= 4 is 0 Å². The molecule has 1 N–H and O–H groups in total. The topological polar surface area (TPSA) is 20.2 Å². The summed E-state index contributed by atoms with van der Waals surface area (Å²) in [5.41, 5.74) is 0.928. The van der Waals surface area contributed by atoms with Gasteiger partial charge in [0.25, 0.3) is 0 Å². The van der Waals surface area contributed by atoms with Gasteiger partial charge in [-0.05, 0) is 12.0 Å². The van der Waals surface area contributed by atoms with E-state index >= 15 is 0 Å². The molecule has 0 bridgehead atoms. The summed E-state index contributed by atoms with van der Waals surface area (Å²) in [6.45, 7) is -0.473. The minimum atomic E-state index is -0.412. The summed E-state index contributed by atoms with van der Waals surface area (Å²) in [5, 5.41) is 8.91. The van der Waals surface area contributed by atoms with E-state index in [1.807, 2.05) is 30.3 Å². The van der Waals surface area contributed by atoms with Crippen molar-refractivity contribution in [2.24, 2.45) is 0 Å². The Labute approximate surface area is 71.9 Å². The number of benzene rings is 1. The summed E-state index contributed by atoms with van der Waals surface area (Å²) in [7, 11) is 0. The molecule has 12 heavy (non-hydrogen) atoms. The molecule has 0 saturated carbocycles. The Morgan fingerprint density at radius 2 is 1.92 bits per heavy atom. The van der Waals surface area contributed by atoms with Gasteiger partial charge in [0.15, 0.2) is 0 Å². The van der Waals surface area contributed by atoms with Crippen molar-refractivity contribution in [1.29, 1.82) is 0 Å². The minimum absolute atomic E-state index is 0.0616.